The Labute approximate surface area is 110 Å². The summed E-state index contributed by atoms with van der Waals surface area (Å²) in [6.07, 6.45) is -0.366. The molecular formula is C12H28N4O2. The van der Waals surface area contributed by atoms with Gasteiger partial charge in [0, 0.05) is 40.3 Å². The Balaban J connectivity index is 3.51. The number of aliphatic hydroxyl groups excluding tert-OH is 1. The molecule has 2 amide bonds. The third-order valence-corrected chi connectivity index (χ3v) is 2.73. The van der Waals surface area contributed by atoms with Crippen molar-refractivity contribution >= 4 is 6.03 Å². The first-order chi connectivity index (χ1) is 8.51. The summed E-state index contributed by atoms with van der Waals surface area (Å²) in [5.74, 6) is 0. The molecule has 1 unspecified atom stereocenters. The number of hydrogen-bond donors (Lipinski definition) is 3. The van der Waals surface area contributed by atoms with Crippen LogP contribution in [0.15, 0.2) is 0 Å². The second kappa shape index (κ2) is 10.1. The third kappa shape index (κ3) is 8.27. The summed E-state index contributed by atoms with van der Waals surface area (Å²) in [6, 6.07) is -0.0968. The third-order valence-electron chi connectivity index (χ3n) is 2.73. The van der Waals surface area contributed by atoms with Crippen molar-refractivity contribution in [2.45, 2.75) is 20.0 Å². The van der Waals surface area contributed by atoms with Crippen molar-refractivity contribution in [3.8, 4) is 0 Å². The van der Waals surface area contributed by atoms with Gasteiger partial charge in [0.2, 0.25) is 0 Å². The smallest absolute Gasteiger partial charge is 0.316 e. The maximum absolute atomic E-state index is 11.2. The zero-order chi connectivity index (χ0) is 14.0. The molecule has 0 saturated carbocycles. The van der Waals surface area contributed by atoms with Gasteiger partial charge >= 0.3 is 6.03 Å². The topological polar surface area (TPSA) is 67.8 Å². The molecule has 108 valence electrons. The summed E-state index contributed by atoms with van der Waals surface area (Å²) in [6.45, 7) is 8.53. The number of hydrogen-bond acceptors (Lipinski definition) is 4. The van der Waals surface area contributed by atoms with Gasteiger partial charge in [0.15, 0.2) is 0 Å². The van der Waals surface area contributed by atoms with E-state index < -0.39 is 0 Å². The monoisotopic (exact) mass is 260 g/mol. The van der Waals surface area contributed by atoms with E-state index in [9.17, 15) is 9.90 Å². The Kier molecular flexibility index (Phi) is 9.63. The van der Waals surface area contributed by atoms with Crippen LogP contribution in [0.3, 0.4) is 0 Å². The molecule has 0 heterocycles. The first-order valence-corrected chi connectivity index (χ1v) is 6.57. The number of urea groups is 1. The first kappa shape index (κ1) is 17.2. The van der Waals surface area contributed by atoms with E-state index in [0.29, 0.717) is 26.2 Å². The molecule has 3 N–H and O–H groups in total. The van der Waals surface area contributed by atoms with E-state index in [1.807, 2.05) is 0 Å². The number of rotatable bonds is 9. The molecule has 0 radical (unpaired) electrons. The maximum atomic E-state index is 11.2. The van der Waals surface area contributed by atoms with E-state index in [0.717, 1.165) is 13.1 Å². The van der Waals surface area contributed by atoms with Crippen molar-refractivity contribution in [3.05, 3.63) is 0 Å². The molecule has 0 spiro atoms. The lowest BCUT2D eigenvalue weighted by molar-refractivity contribution is 0.117. The van der Waals surface area contributed by atoms with Gasteiger partial charge in [-0.2, -0.15) is 0 Å². The lowest BCUT2D eigenvalue weighted by Crippen LogP contribution is -2.42. The van der Waals surface area contributed by atoms with E-state index >= 15 is 0 Å². The summed E-state index contributed by atoms with van der Waals surface area (Å²) >= 11 is 0. The van der Waals surface area contributed by atoms with Gasteiger partial charge in [-0.25, -0.2) is 4.79 Å². The Morgan fingerprint density at radius 2 is 1.83 bits per heavy atom. The molecule has 0 aliphatic rings. The van der Waals surface area contributed by atoms with E-state index in [-0.39, 0.29) is 12.1 Å². The van der Waals surface area contributed by atoms with E-state index in [1.54, 1.807) is 14.1 Å². The van der Waals surface area contributed by atoms with Crippen LogP contribution in [0.4, 0.5) is 4.79 Å². The number of likely N-dealkylation sites (N-methyl/N-ethyl adjacent to an activating group) is 1. The van der Waals surface area contributed by atoms with Crippen molar-refractivity contribution in [1.82, 2.24) is 20.4 Å². The quantitative estimate of drug-likeness (QED) is 0.491. The van der Waals surface area contributed by atoms with Crippen LogP contribution in [0.1, 0.15) is 13.8 Å². The summed E-state index contributed by atoms with van der Waals surface area (Å²) < 4.78 is 0. The van der Waals surface area contributed by atoms with E-state index in [2.05, 4.69) is 29.4 Å². The van der Waals surface area contributed by atoms with Gasteiger partial charge in [-0.1, -0.05) is 13.8 Å². The molecule has 0 aromatic carbocycles. The molecule has 0 aromatic heterocycles. The van der Waals surface area contributed by atoms with Gasteiger partial charge in [0.05, 0.1) is 6.10 Å². The minimum absolute atomic E-state index is 0.0968. The lowest BCUT2D eigenvalue weighted by Gasteiger charge is -2.22. The van der Waals surface area contributed by atoms with Crippen molar-refractivity contribution < 1.29 is 9.90 Å². The molecule has 1 atom stereocenters. The average molecular weight is 260 g/mol. The second-order valence-electron chi connectivity index (χ2n) is 4.47. The lowest BCUT2D eigenvalue weighted by atomic mass is 10.3. The number of nitrogens with zero attached hydrogens (tertiary/aromatic N) is 2. The van der Waals surface area contributed by atoms with E-state index in [4.69, 9.17) is 0 Å². The zero-order valence-corrected chi connectivity index (χ0v) is 12.1. The van der Waals surface area contributed by atoms with Gasteiger partial charge in [0.25, 0.3) is 0 Å². The highest BCUT2D eigenvalue weighted by molar-refractivity contribution is 5.73. The van der Waals surface area contributed by atoms with Crippen molar-refractivity contribution in [2.24, 2.45) is 0 Å². The molecule has 0 fully saturated rings. The highest BCUT2D eigenvalue weighted by Crippen LogP contribution is 1.90. The van der Waals surface area contributed by atoms with Gasteiger partial charge in [0.1, 0.15) is 0 Å². The predicted molar refractivity (Wildman–Crippen MR) is 73.8 cm³/mol. The van der Waals surface area contributed by atoms with Gasteiger partial charge in [-0.05, 0) is 13.1 Å². The fourth-order valence-corrected chi connectivity index (χ4v) is 1.53. The largest absolute Gasteiger partial charge is 0.390 e. The van der Waals surface area contributed by atoms with Crippen LogP contribution in [0.2, 0.25) is 0 Å². The van der Waals surface area contributed by atoms with Crippen LogP contribution in [0, 0.1) is 0 Å². The average Bonchev–Trinajstić information content (AvgIpc) is 2.35. The number of nitrogens with one attached hydrogen (secondary N) is 2. The van der Waals surface area contributed by atoms with Crippen LogP contribution in [-0.2, 0) is 0 Å². The van der Waals surface area contributed by atoms with Gasteiger partial charge in [-0.3, -0.25) is 0 Å². The molecule has 0 aliphatic heterocycles. The van der Waals surface area contributed by atoms with Crippen LogP contribution in [0.25, 0.3) is 0 Å². The van der Waals surface area contributed by atoms with Crippen LogP contribution in [0.5, 0.6) is 0 Å². The summed E-state index contributed by atoms with van der Waals surface area (Å²) in [4.78, 5) is 14.9. The van der Waals surface area contributed by atoms with Crippen molar-refractivity contribution in [2.75, 3.05) is 53.4 Å². The van der Waals surface area contributed by atoms with Crippen molar-refractivity contribution in [1.29, 1.82) is 0 Å². The van der Waals surface area contributed by atoms with Crippen LogP contribution in [-0.4, -0.2) is 80.4 Å². The van der Waals surface area contributed by atoms with Gasteiger partial charge in [-0.15, -0.1) is 0 Å². The number of carbonyl (C=O) groups excluding carboxylic acids is 1. The Morgan fingerprint density at radius 1 is 1.22 bits per heavy atom. The molecule has 0 saturated heterocycles. The highest BCUT2D eigenvalue weighted by atomic mass is 16.3. The molecule has 18 heavy (non-hydrogen) atoms. The SMILES string of the molecule is CCN(CC)CC(O)CNCCNC(=O)N(C)C. The Bertz CT molecular complexity index is 220. The Morgan fingerprint density at radius 3 is 2.33 bits per heavy atom. The molecule has 0 aromatic rings. The minimum atomic E-state index is -0.366. The summed E-state index contributed by atoms with van der Waals surface area (Å²) in [5.41, 5.74) is 0. The normalized spacial score (nSPS) is 12.6. The van der Waals surface area contributed by atoms with Crippen LogP contribution < -0.4 is 10.6 Å². The highest BCUT2D eigenvalue weighted by Gasteiger charge is 2.08. The van der Waals surface area contributed by atoms with E-state index in [1.165, 1.54) is 4.90 Å². The Hall–Kier alpha value is -0.850. The van der Waals surface area contributed by atoms with Gasteiger partial charge < -0.3 is 25.5 Å². The number of carbonyl (C=O) groups is 1. The first-order valence-electron chi connectivity index (χ1n) is 6.57. The molecular weight excluding hydrogens is 232 g/mol. The second-order valence-corrected chi connectivity index (χ2v) is 4.47. The zero-order valence-electron chi connectivity index (χ0n) is 12.1. The predicted octanol–water partition coefficient (Wildman–Crippen LogP) is -0.450. The molecule has 0 aliphatic carbocycles. The molecule has 6 nitrogen and oxygen atoms in total. The summed E-state index contributed by atoms with van der Waals surface area (Å²) in [5, 5.41) is 15.7. The summed E-state index contributed by atoms with van der Waals surface area (Å²) in [7, 11) is 3.41. The van der Waals surface area contributed by atoms with Crippen LogP contribution >= 0.6 is 0 Å². The number of aliphatic hydroxyl groups is 1. The fraction of sp³-hybridized carbons (Fsp3) is 0.917. The molecule has 0 rings (SSSR count). The fourth-order valence-electron chi connectivity index (χ4n) is 1.53. The maximum Gasteiger partial charge on any atom is 0.316 e. The molecule has 0 bridgehead atoms. The standard InChI is InChI=1S/C12H28N4O2/c1-5-16(6-2)10-11(17)9-13-7-8-14-12(18)15(3)4/h11,13,17H,5-10H2,1-4H3,(H,14,18). The number of amides is 2. The minimum Gasteiger partial charge on any atom is -0.390 e. The van der Waals surface area contributed by atoms with Crippen molar-refractivity contribution in [3.63, 3.8) is 0 Å². The molecule has 6 heteroatoms.